The lowest BCUT2D eigenvalue weighted by atomic mass is 10.0. The summed E-state index contributed by atoms with van der Waals surface area (Å²) in [6.45, 7) is 6.01. The molecule has 2 aromatic rings. The summed E-state index contributed by atoms with van der Waals surface area (Å²) in [6, 6.07) is 12.7. The second-order valence-electron chi connectivity index (χ2n) is 5.68. The average molecular weight is 303 g/mol. The average Bonchev–Trinajstić information content (AvgIpc) is 2.41. The summed E-state index contributed by atoms with van der Waals surface area (Å²) in [5.41, 5.74) is 8.90. The molecule has 0 unspecified atom stereocenters. The van der Waals surface area contributed by atoms with Crippen molar-refractivity contribution in [2.45, 2.75) is 37.3 Å². The highest BCUT2D eigenvalue weighted by atomic mass is 32.2. The minimum absolute atomic E-state index is 0.00430. The second kappa shape index (κ2) is 5.90. The van der Waals surface area contributed by atoms with Gasteiger partial charge < -0.3 is 5.73 Å². The van der Waals surface area contributed by atoms with Gasteiger partial charge >= 0.3 is 0 Å². The molecule has 0 aliphatic carbocycles. The number of hydrogen-bond donors (Lipinski definition) is 1. The van der Waals surface area contributed by atoms with Crippen molar-refractivity contribution in [3.05, 3.63) is 59.2 Å². The van der Waals surface area contributed by atoms with Crippen LogP contribution in [0.4, 0.5) is 5.69 Å². The lowest BCUT2D eigenvalue weighted by Gasteiger charge is -2.10. The Kier molecular flexibility index (Phi) is 4.37. The van der Waals surface area contributed by atoms with Crippen molar-refractivity contribution in [1.82, 2.24) is 0 Å². The van der Waals surface area contributed by atoms with Crippen LogP contribution in [0.2, 0.25) is 0 Å². The first-order chi connectivity index (χ1) is 9.79. The molecule has 0 spiro atoms. The fourth-order valence-electron chi connectivity index (χ4n) is 2.25. The highest BCUT2D eigenvalue weighted by Gasteiger charge is 2.18. The lowest BCUT2D eigenvalue weighted by Crippen LogP contribution is -2.07. The molecule has 2 aromatic carbocycles. The number of benzene rings is 2. The Balaban J connectivity index is 2.31. The molecule has 0 aromatic heterocycles. The van der Waals surface area contributed by atoms with Gasteiger partial charge in [0.1, 0.15) is 0 Å². The van der Waals surface area contributed by atoms with Crippen LogP contribution in [0.15, 0.2) is 47.4 Å². The highest BCUT2D eigenvalue weighted by Crippen LogP contribution is 2.23. The molecule has 112 valence electrons. The van der Waals surface area contributed by atoms with Gasteiger partial charge in [-0.25, -0.2) is 8.42 Å². The molecule has 2 rings (SSSR count). The van der Waals surface area contributed by atoms with E-state index in [2.05, 4.69) is 13.8 Å². The summed E-state index contributed by atoms with van der Waals surface area (Å²) in [5.74, 6) is 0.433. The Labute approximate surface area is 126 Å². The van der Waals surface area contributed by atoms with Gasteiger partial charge in [-0.05, 0) is 41.7 Å². The van der Waals surface area contributed by atoms with E-state index in [1.807, 2.05) is 24.3 Å². The van der Waals surface area contributed by atoms with E-state index in [-0.39, 0.29) is 5.75 Å². The molecular formula is C17H21NO2S. The standard InChI is InChI=1S/C17H21NO2S/c1-12(2)15-7-5-14(6-8-15)11-21(19,20)17-10-16(18)9-4-13(17)3/h4-10,12H,11,18H2,1-3H3. The predicted octanol–water partition coefficient (Wildman–Crippen LogP) is 3.67. The maximum atomic E-state index is 12.5. The van der Waals surface area contributed by atoms with Crippen molar-refractivity contribution in [2.24, 2.45) is 0 Å². The normalized spacial score (nSPS) is 11.8. The van der Waals surface area contributed by atoms with Crippen molar-refractivity contribution in [3.8, 4) is 0 Å². The van der Waals surface area contributed by atoms with E-state index in [9.17, 15) is 8.42 Å². The Morgan fingerprint density at radius 1 is 1.05 bits per heavy atom. The van der Waals surface area contributed by atoms with Gasteiger partial charge in [-0.15, -0.1) is 0 Å². The Hall–Kier alpha value is -1.81. The maximum Gasteiger partial charge on any atom is 0.182 e. The molecular weight excluding hydrogens is 282 g/mol. The molecule has 0 saturated carbocycles. The molecule has 0 atom stereocenters. The first kappa shape index (κ1) is 15.6. The maximum absolute atomic E-state index is 12.5. The minimum Gasteiger partial charge on any atom is -0.399 e. The van der Waals surface area contributed by atoms with Crippen LogP contribution in [-0.4, -0.2) is 8.42 Å². The monoisotopic (exact) mass is 303 g/mol. The molecule has 0 aliphatic rings. The van der Waals surface area contributed by atoms with Gasteiger partial charge in [-0.2, -0.15) is 0 Å². The Morgan fingerprint density at radius 2 is 1.67 bits per heavy atom. The third kappa shape index (κ3) is 3.64. The van der Waals surface area contributed by atoms with Crippen LogP contribution in [0.5, 0.6) is 0 Å². The largest absolute Gasteiger partial charge is 0.399 e. The van der Waals surface area contributed by atoms with E-state index < -0.39 is 9.84 Å². The molecule has 0 fully saturated rings. The lowest BCUT2D eigenvalue weighted by molar-refractivity contribution is 0.594. The van der Waals surface area contributed by atoms with Crippen molar-refractivity contribution < 1.29 is 8.42 Å². The number of aryl methyl sites for hydroxylation is 1. The van der Waals surface area contributed by atoms with Gasteiger partial charge in [0.05, 0.1) is 10.6 Å². The molecule has 0 bridgehead atoms. The van der Waals surface area contributed by atoms with Gasteiger partial charge in [-0.1, -0.05) is 44.2 Å². The first-order valence-corrected chi connectivity index (χ1v) is 8.62. The summed E-state index contributed by atoms with van der Waals surface area (Å²) in [6.07, 6.45) is 0. The molecule has 0 amide bonds. The first-order valence-electron chi connectivity index (χ1n) is 6.97. The van der Waals surface area contributed by atoms with Crippen LogP contribution >= 0.6 is 0 Å². The van der Waals surface area contributed by atoms with E-state index in [1.165, 1.54) is 11.6 Å². The van der Waals surface area contributed by atoms with E-state index in [4.69, 9.17) is 5.73 Å². The molecule has 0 saturated heterocycles. The van der Waals surface area contributed by atoms with E-state index in [0.717, 1.165) is 11.1 Å². The Bertz CT molecular complexity index is 732. The van der Waals surface area contributed by atoms with E-state index in [0.29, 0.717) is 16.5 Å². The topological polar surface area (TPSA) is 60.2 Å². The predicted molar refractivity (Wildman–Crippen MR) is 87.0 cm³/mol. The third-order valence-electron chi connectivity index (χ3n) is 3.55. The van der Waals surface area contributed by atoms with Gasteiger partial charge in [-0.3, -0.25) is 0 Å². The summed E-state index contributed by atoms with van der Waals surface area (Å²) >= 11 is 0. The van der Waals surface area contributed by atoms with Crippen LogP contribution in [0.3, 0.4) is 0 Å². The Morgan fingerprint density at radius 3 is 2.24 bits per heavy atom. The number of hydrogen-bond acceptors (Lipinski definition) is 3. The second-order valence-corrected chi connectivity index (χ2v) is 7.64. The zero-order valence-corrected chi connectivity index (χ0v) is 13.4. The smallest absolute Gasteiger partial charge is 0.182 e. The summed E-state index contributed by atoms with van der Waals surface area (Å²) in [7, 11) is -3.38. The zero-order valence-electron chi connectivity index (χ0n) is 12.6. The molecule has 21 heavy (non-hydrogen) atoms. The van der Waals surface area contributed by atoms with Crippen LogP contribution in [0.1, 0.15) is 36.5 Å². The van der Waals surface area contributed by atoms with Gasteiger partial charge in [0.15, 0.2) is 9.84 Å². The number of rotatable bonds is 4. The highest BCUT2D eigenvalue weighted by molar-refractivity contribution is 7.90. The minimum atomic E-state index is -3.38. The number of anilines is 1. The fourth-order valence-corrected chi connectivity index (χ4v) is 3.91. The third-order valence-corrected chi connectivity index (χ3v) is 5.37. The molecule has 4 heteroatoms. The molecule has 3 nitrogen and oxygen atoms in total. The van der Waals surface area contributed by atoms with E-state index >= 15 is 0 Å². The SMILES string of the molecule is Cc1ccc(N)cc1S(=O)(=O)Cc1ccc(C(C)C)cc1. The van der Waals surface area contributed by atoms with Crippen LogP contribution in [-0.2, 0) is 15.6 Å². The number of nitrogens with two attached hydrogens (primary N) is 1. The zero-order chi connectivity index (χ0) is 15.6. The fraction of sp³-hybridized carbons (Fsp3) is 0.294. The molecule has 2 N–H and O–H groups in total. The van der Waals surface area contributed by atoms with Crippen LogP contribution in [0.25, 0.3) is 0 Å². The summed E-state index contributed by atoms with van der Waals surface area (Å²) in [4.78, 5) is 0.315. The van der Waals surface area contributed by atoms with Crippen LogP contribution < -0.4 is 5.73 Å². The van der Waals surface area contributed by atoms with Crippen molar-refractivity contribution in [3.63, 3.8) is 0 Å². The molecule has 0 aliphatic heterocycles. The number of sulfone groups is 1. The van der Waals surface area contributed by atoms with Crippen molar-refractivity contribution in [2.75, 3.05) is 5.73 Å². The summed E-state index contributed by atoms with van der Waals surface area (Å²) in [5, 5.41) is 0. The van der Waals surface area contributed by atoms with Crippen molar-refractivity contribution in [1.29, 1.82) is 0 Å². The van der Waals surface area contributed by atoms with Crippen LogP contribution in [0, 0.1) is 6.92 Å². The van der Waals surface area contributed by atoms with Gasteiger partial charge in [0.2, 0.25) is 0 Å². The van der Waals surface area contributed by atoms with Gasteiger partial charge in [0, 0.05) is 5.69 Å². The quantitative estimate of drug-likeness (QED) is 0.877. The molecule has 0 radical (unpaired) electrons. The molecule has 0 heterocycles. The van der Waals surface area contributed by atoms with E-state index in [1.54, 1.807) is 19.1 Å². The summed E-state index contributed by atoms with van der Waals surface area (Å²) < 4.78 is 25.1. The van der Waals surface area contributed by atoms with Crippen molar-refractivity contribution >= 4 is 15.5 Å². The number of nitrogen functional groups attached to an aromatic ring is 1. The van der Waals surface area contributed by atoms with Gasteiger partial charge in [0.25, 0.3) is 0 Å².